The third kappa shape index (κ3) is 0.884. The van der Waals surface area contributed by atoms with Crippen molar-refractivity contribution in [1.29, 1.82) is 0 Å². The van der Waals surface area contributed by atoms with Crippen molar-refractivity contribution in [2.75, 3.05) is 7.11 Å². The highest BCUT2D eigenvalue weighted by atomic mass is 16.5. The number of ether oxygens (including phenoxy) is 1. The van der Waals surface area contributed by atoms with E-state index in [9.17, 15) is 10.2 Å². The van der Waals surface area contributed by atoms with Crippen LogP contribution in [0.25, 0.3) is 0 Å². The minimum atomic E-state index is -0.742. The molecule has 0 aromatic rings. The Morgan fingerprint density at radius 1 is 1.29 bits per heavy atom. The van der Waals surface area contributed by atoms with Crippen LogP contribution in [0.4, 0.5) is 0 Å². The standard InChI is InChI=1S/C11H20O3/c1-6(2)11-5-7(11)10(3,14-4)8(12)9(11)13/h6-9,12-13H,5H2,1-4H3. The van der Waals surface area contributed by atoms with E-state index in [1.165, 1.54) is 0 Å². The molecule has 14 heavy (non-hydrogen) atoms. The molecule has 0 bridgehead atoms. The van der Waals surface area contributed by atoms with E-state index in [0.29, 0.717) is 11.8 Å². The molecule has 0 radical (unpaired) electrons. The van der Waals surface area contributed by atoms with Crippen LogP contribution in [0, 0.1) is 17.3 Å². The molecule has 82 valence electrons. The third-order valence-corrected chi connectivity index (χ3v) is 4.69. The second kappa shape index (κ2) is 2.71. The summed E-state index contributed by atoms with van der Waals surface area (Å²) in [5.41, 5.74) is -0.645. The van der Waals surface area contributed by atoms with Crippen molar-refractivity contribution in [2.24, 2.45) is 17.3 Å². The summed E-state index contributed by atoms with van der Waals surface area (Å²) in [6.45, 7) is 6.12. The minimum absolute atomic E-state index is 0.0931. The maximum atomic E-state index is 10.1. The average molecular weight is 200 g/mol. The van der Waals surface area contributed by atoms with Crippen molar-refractivity contribution in [3.05, 3.63) is 0 Å². The monoisotopic (exact) mass is 200 g/mol. The van der Waals surface area contributed by atoms with E-state index in [0.717, 1.165) is 6.42 Å². The number of fused-ring (bicyclic) bond motifs is 1. The Hall–Kier alpha value is -0.120. The first-order valence-corrected chi connectivity index (χ1v) is 5.32. The van der Waals surface area contributed by atoms with Crippen LogP contribution in [0.1, 0.15) is 27.2 Å². The summed E-state index contributed by atoms with van der Waals surface area (Å²) in [6.07, 6.45) is -0.390. The van der Waals surface area contributed by atoms with Gasteiger partial charge >= 0.3 is 0 Å². The molecule has 0 aliphatic heterocycles. The maximum absolute atomic E-state index is 10.1. The number of rotatable bonds is 2. The Morgan fingerprint density at radius 2 is 1.86 bits per heavy atom. The van der Waals surface area contributed by atoms with Gasteiger partial charge in [-0.25, -0.2) is 0 Å². The fourth-order valence-electron chi connectivity index (χ4n) is 3.41. The zero-order valence-corrected chi connectivity index (χ0v) is 9.32. The summed E-state index contributed by atoms with van der Waals surface area (Å²) in [5, 5.41) is 20.0. The zero-order chi connectivity index (χ0) is 10.7. The molecule has 0 aromatic carbocycles. The van der Waals surface area contributed by atoms with Crippen LogP contribution in [-0.2, 0) is 4.74 Å². The van der Waals surface area contributed by atoms with Crippen LogP contribution < -0.4 is 0 Å². The van der Waals surface area contributed by atoms with Gasteiger partial charge in [0.05, 0.1) is 11.7 Å². The first kappa shape index (κ1) is 10.4. The van der Waals surface area contributed by atoms with Crippen molar-refractivity contribution in [2.45, 2.75) is 45.0 Å². The van der Waals surface area contributed by atoms with Gasteiger partial charge in [-0.1, -0.05) is 13.8 Å². The Morgan fingerprint density at radius 3 is 2.14 bits per heavy atom. The second-order valence-corrected chi connectivity index (χ2v) is 5.30. The fraction of sp³-hybridized carbons (Fsp3) is 1.00. The van der Waals surface area contributed by atoms with Gasteiger partial charge in [0.2, 0.25) is 0 Å². The maximum Gasteiger partial charge on any atom is 0.109 e. The molecule has 0 heterocycles. The van der Waals surface area contributed by atoms with Crippen molar-refractivity contribution in [1.82, 2.24) is 0 Å². The fourth-order valence-corrected chi connectivity index (χ4v) is 3.41. The van der Waals surface area contributed by atoms with Gasteiger partial charge in [-0.2, -0.15) is 0 Å². The van der Waals surface area contributed by atoms with Crippen molar-refractivity contribution in [3.63, 3.8) is 0 Å². The molecule has 3 heteroatoms. The van der Waals surface area contributed by atoms with E-state index >= 15 is 0 Å². The minimum Gasteiger partial charge on any atom is -0.390 e. The molecule has 0 amide bonds. The normalized spacial score (nSPS) is 56.4. The summed E-state index contributed by atoms with van der Waals surface area (Å²) in [4.78, 5) is 0. The Labute approximate surface area is 85.1 Å². The summed E-state index contributed by atoms with van der Waals surface area (Å²) in [6, 6.07) is 0. The predicted molar refractivity (Wildman–Crippen MR) is 52.8 cm³/mol. The van der Waals surface area contributed by atoms with E-state index in [2.05, 4.69) is 13.8 Å². The SMILES string of the molecule is COC1(C)C(O)C(O)C2(C(C)C)CC12. The van der Waals surface area contributed by atoms with Crippen LogP contribution in [-0.4, -0.2) is 35.1 Å². The number of hydrogen-bond acceptors (Lipinski definition) is 3. The summed E-state index contributed by atoms with van der Waals surface area (Å²) >= 11 is 0. The number of aliphatic hydroxyl groups excluding tert-OH is 2. The molecule has 2 N–H and O–H groups in total. The second-order valence-electron chi connectivity index (χ2n) is 5.30. The molecule has 2 rings (SSSR count). The molecule has 0 spiro atoms. The summed E-state index contributed by atoms with van der Waals surface area (Å²) in [5.74, 6) is 0.708. The molecule has 2 saturated carbocycles. The molecule has 2 aliphatic carbocycles. The van der Waals surface area contributed by atoms with E-state index < -0.39 is 17.8 Å². The molecular formula is C11H20O3. The van der Waals surface area contributed by atoms with Crippen LogP contribution in [0.15, 0.2) is 0 Å². The van der Waals surface area contributed by atoms with Gasteiger partial charge < -0.3 is 14.9 Å². The van der Waals surface area contributed by atoms with Crippen LogP contribution in [0.3, 0.4) is 0 Å². The van der Waals surface area contributed by atoms with Gasteiger partial charge in [0.25, 0.3) is 0 Å². The van der Waals surface area contributed by atoms with Crippen molar-refractivity contribution >= 4 is 0 Å². The van der Waals surface area contributed by atoms with E-state index in [1.807, 2.05) is 6.92 Å². The zero-order valence-electron chi connectivity index (χ0n) is 9.32. The lowest BCUT2D eigenvalue weighted by atomic mass is 9.87. The summed E-state index contributed by atoms with van der Waals surface area (Å²) < 4.78 is 5.40. The molecule has 3 nitrogen and oxygen atoms in total. The lowest BCUT2D eigenvalue weighted by molar-refractivity contribution is -0.121. The molecule has 0 saturated heterocycles. The van der Waals surface area contributed by atoms with E-state index in [1.54, 1.807) is 7.11 Å². The molecule has 5 unspecified atom stereocenters. The van der Waals surface area contributed by atoms with Gasteiger partial charge in [-0.3, -0.25) is 0 Å². The van der Waals surface area contributed by atoms with Gasteiger partial charge in [0.1, 0.15) is 6.10 Å². The predicted octanol–water partition coefficient (Wildman–Crippen LogP) is 0.789. The highest BCUT2D eigenvalue weighted by molar-refractivity contribution is 5.25. The molecular weight excluding hydrogens is 180 g/mol. The number of aliphatic hydroxyl groups is 2. The Kier molecular flexibility index (Phi) is 2.02. The van der Waals surface area contributed by atoms with Crippen LogP contribution >= 0.6 is 0 Å². The smallest absolute Gasteiger partial charge is 0.109 e. The van der Waals surface area contributed by atoms with Crippen molar-refractivity contribution in [3.8, 4) is 0 Å². The van der Waals surface area contributed by atoms with Gasteiger partial charge in [-0.15, -0.1) is 0 Å². The van der Waals surface area contributed by atoms with Crippen LogP contribution in [0.2, 0.25) is 0 Å². The topological polar surface area (TPSA) is 49.7 Å². The summed E-state index contributed by atoms with van der Waals surface area (Å²) in [7, 11) is 1.62. The third-order valence-electron chi connectivity index (χ3n) is 4.69. The van der Waals surface area contributed by atoms with E-state index in [-0.39, 0.29) is 5.41 Å². The largest absolute Gasteiger partial charge is 0.390 e. The highest BCUT2D eigenvalue weighted by Crippen LogP contribution is 2.71. The first-order valence-electron chi connectivity index (χ1n) is 5.32. The molecule has 2 aliphatic rings. The highest BCUT2D eigenvalue weighted by Gasteiger charge is 2.76. The van der Waals surface area contributed by atoms with Gasteiger partial charge in [-0.05, 0) is 25.2 Å². The molecule has 2 fully saturated rings. The van der Waals surface area contributed by atoms with Crippen molar-refractivity contribution < 1.29 is 14.9 Å². The lowest BCUT2D eigenvalue weighted by Gasteiger charge is -2.31. The van der Waals surface area contributed by atoms with Gasteiger partial charge in [0, 0.05) is 12.5 Å². The lowest BCUT2D eigenvalue weighted by Crippen LogP contribution is -2.45. The Bertz CT molecular complexity index is 253. The van der Waals surface area contributed by atoms with Gasteiger partial charge in [0.15, 0.2) is 0 Å². The van der Waals surface area contributed by atoms with Crippen LogP contribution in [0.5, 0.6) is 0 Å². The number of methoxy groups -OCH3 is 1. The molecule has 5 atom stereocenters. The van der Waals surface area contributed by atoms with E-state index in [4.69, 9.17) is 4.74 Å². The Balaban J connectivity index is 2.32. The quantitative estimate of drug-likeness (QED) is 0.693. The molecule has 0 aromatic heterocycles. The number of hydrogen-bond donors (Lipinski definition) is 2. The first-order chi connectivity index (χ1) is 6.41. The average Bonchev–Trinajstić information content (AvgIpc) is 2.87.